The van der Waals surface area contributed by atoms with Crippen molar-refractivity contribution >= 4 is 5.97 Å². The minimum Gasteiger partial charge on any atom is -0.461 e. The fourth-order valence-corrected chi connectivity index (χ4v) is 3.72. The molecule has 0 saturated heterocycles. The molecule has 0 bridgehead atoms. The van der Waals surface area contributed by atoms with Crippen molar-refractivity contribution in [2.75, 3.05) is 6.61 Å². The Morgan fingerprint density at radius 2 is 2.00 bits per heavy atom. The molecule has 1 saturated carbocycles. The number of carbonyl (C=O) groups is 1. The summed E-state index contributed by atoms with van der Waals surface area (Å²) in [5.41, 5.74) is -0.934. The number of hydrogen-bond donors (Lipinski definition) is 1. The minimum atomic E-state index is -1.56. The van der Waals surface area contributed by atoms with Crippen molar-refractivity contribution in [1.82, 2.24) is 9.55 Å². The lowest BCUT2D eigenvalue weighted by atomic mass is 9.73. The maximum Gasteiger partial charge on any atom is 0.343 e. The summed E-state index contributed by atoms with van der Waals surface area (Å²) in [6, 6.07) is 9.22. The van der Waals surface area contributed by atoms with E-state index in [0.717, 1.165) is 37.9 Å². The van der Waals surface area contributed by atoms with Gasteiger partial charge < -0.3 is 14.4 Å². The maximum absolute atomic E-state index is 12.9. The van der Waals surface area contributed by atoms with E-state index in [0.29, 0.717) is 12.1 Å². The van der Waals surface area contributed by atoms with E-state index < -0.39 is 11.6 Å². The largest absolute Gasteiger partial charge is 0.461 e. The van der Waals surface area contributed by atoms with E-state index in [2.05, 4.69) is 4.98 Å². The van der Waals surface area contributed by atoms with Gasteiger partial charge in [-0.1, -0.05) is 49.6 Å². The number of imidazole rings is 1. The highest BCUT2D eigenvalue weighted by Gasteiger charge is 2.47. The zero-order valence-electron chi connectivity index (χ0n) is 14.7. The van der Waals surface area contributed by atoms with E-state index in [9.17, 15) is 9.90 Å². The Balaban J connectivity index is 1.74. The smallest absolute Gasteiger partial charge is 0.343 e. The molecule has 1 aromatic heterocycles. The summed E-state index contributed by atoms with van der Waals surface area (Å²) >= 11 is 0. The first kappa shape index (κ1) is 17.7. The van der Waals surface area contributed by atoms with Gasteiger partial charge in [0.2, 0.25) is 0 Å². The average Bonchev–Trinajstić information content (AvgIpc) is 3.07. The molecule has 1 heterocycles. The molecule has 0 aliphatic heterocycles. The van der Waals surface area contributed by atoms with Crippen molar-refractivity contribution in [3.63, 3.8) is 0 Å². The Hall–Kier alpha value is -2.14. The number of hydrogen-bond acceptors (Lipinski definition) is 4. The zero-order chi connectivity index (χ0) is 17.7. The summed E-state index contributed by atoms with van der Waals surface area (Å²) in [4.78, 5) is 17.0. The maximum atomic E-state index is 12.9. The molecule has 1 aromatic carbocycles. The molecule has 0 amide bonds. The number of aliphatic hydroxyl groups is 1. The lowest BCUT2D eigenvalue weighted by molar-refractivity contribution is -0.176. The molecule has 0 spiro atoms. The van der Waals surface area contributed by atoms with Crippen LogP contribution in [0, 0.1) is 12.8 Å². The molecule has 134 valence electrons. The summed E-state index contributed by atoms with van der Waals surface area (Å²) in [6.45, 7) is 2.66. The quantitative estimate of drug-likeness (QED) is 0.819. The van der Waals surface area contributed by atoms with Crippen LogP contribution in [0.1, 0.15) is 43.5 Å². The van der Waals surface area contributed by atoms with Crippen LogP contribution >= 0.6 is 0 Å². The van der Waals surface area contributed by atoms with Crippen molar-refractivity contribution in [2.24, 2.45) is 5.92 Å². The van der Waals surface area contributed by atoms with Gasteiger partial charge >= 0.3 is 5.97 Å². The number of aryl methyl sites for hydroxylation is 1. The molecule has 1 unspecified atom stereocenters. The molecule has 1 aliphatic carbocycles. The van der Waals surface area contributed by atoms with E-state index in [-0.39, 0.29) is 12.5 Å². The number of ether oxygens (including phenoxy) is 1. The monoisotopic (exact) mass is 342 g/mol. The average molecular weight is 342 g/mol. The van der Waals surface area contributed by atoms with Gasteiger partial charge in [0.05, 0.1) is 6.54 Å². The van der Waals surface area contributed by atoms with Gasteiger partial charge in [-0.3, -0.25) is 0 Å². The second-order valence-corrected chi connectivity index (χ2v) is 6.77. The standard InChI is InChI=1S/C20H26N2O3/c1-16-21-12-13-22(16)14-15-25-19(23)20(24,17-8-4-2-5-9-17)18-10-6-3-7-11-18/h2,4-5,8-9,12-13,18,24H,3,6-7,10-11,14-15H2,1H3. The Morgan fingerprint density at radius 1 is 1.28 bits per heavy atom. The summed E-state index contributed by atoms with van der Waals surface area (Å²) in [5.74, 6) is 0.246. The highest BCUT2D eigenvalue weighted by atomic mass is 16.5. The fraction of sp³-hybridized carbons (Fsp3) is 0.500. The molecular weight excluding hydrogens is 316 g/mol. The zero-order valence-corrected chi connectivity index (χ0v) is 14.7. The SMILES string of the molecule is Cc1nccn1CCOC(=O)C(O)(c1ccccc1)C1CCCCC1. The molecule has 1 N–H and O–H groups in total. The van der Waals surface area contributed by atoms with Gasteiger partial charge in [-0.25, -0.2) is 9.78 Å². The Morgan fingerprint density at radius 3 is 2.64 bits per heavy atom. The number of nitrogens with zero attached hydrogens (tertiary/aromatic N) is 2. The van der Waals surface area contributed by atoms with Crippen molar-refractivity contribution in [1.29, 1.82) is 0 Å². The first-order valence-corrected chi connectivity index (χ1v) is 9.05. The fourth-order valence-electron chi connectivity index (χ4n) is 3.72. The first-order valence-electron chi connectivity index (χ1n) is 9.05. The van der Waals surface area contributed by atoms with E-state index in [1.165, 1.54) is 0 Å². The molecule has 1 atom stereocenters. The van der Waals surface area contributed by atoms with Gasteiger partial charge in [0, 0.05) is 18.3 Å². The predicted molar refractivity (Wildman–Crippen MR) is 94.8 cm³/mol. The minimum absolute atomic E-state index is 0.0915. The number of aromatic nitrogens is 2. The summed E-state index contributed by atoms with van der Waals surface area (Å²) in [5, 5.41) is 11.4. The number of carbonyl (C=O) groups excluding carboxylic acids is 1. The van der Waals surface area contributed by atoms with Crippen LogP contribution < -0.4 is 0 Å². The van der Waals surface area contributed by atoms with Crippen LogP contribution in [0.15, 0.2) is 42.7 Å². The van der Waals surface area contributed by atoms with Gasteiger partial charge in [0.1, 0.15) is 12.4 Å². The third kappa shape index (κ3) is 3.76. The van der Waals surface area contributed by atoms with Crippen LogP contribution in [-0.4, -0.2) is 27.2 Å². The Bertz CT molecular complexity index is 692. The summed E-state index contributed by atoms with van der Waals surface area (Å²) < 4.78 is 7.43. The normalized spacial score (nSPS) is 17.8. The number of benzene rings is 1. The van der Waals surface area contributed by atoms with Crippen LogP contribution in [-0.2, 0) is 21.7 Å². The second kappa shape index (κ2) is 7.83. The van der Waals surface area contributed by atoms with Gasteiger partial charge in [0.15, 0.2) is 5.60 Å². The van der Waals surface area contributed by atoms with Gasteiger partial charge in [0.25, 0.3) is 0 Å². The number of esters is 1. The summed E-state index contributed by atoms with van der Waals surface area (Å²) in [6.07, 6.45) is 8.52. The van der Waals surface area contributed by atoms with Gasteiger partial charge in [-0.2, -0.15) is 0 Å². The van der Waals surface area contributed by atoms with Gasteiger partial charge in [-0.05, 0) is 25.3 Å². The third-order valence-corrected chi connectivity index (χ3v) is 5.21. The molecule has 5 heteroatoms. The molecule has 0 radical (unpaired) electrons. The van der Waals surface area contributed by atoms with Crippen LogP contribution in [0.3, 0.4) is 0 Å². The molecule has 1 aliphatic rings. The predicted octanol–water partition coefficient (Wildman–Crippen LogP) is 3.20. The van der Waals surface area contributed by atoms with E-state index in [1.54, 1.807) is 6.20 Å². The summed E-state index contributed by atoms with van der Waals surface area (Å²) in [7, 11) is 0. The highest BCUT2D eigenvalue weighted by molar-refractivity contribution is 5.81. The molecule has 5 nitrogen and oxygen atoms in total. The topological polar surface area (TPSA) is 64.4 Å². The van der Waals surface area contributed by atoms with Crippen LogP contribution in [0.2, 0.25) is 0 Å². The van der Waals surface area contributed by atoms with E-state index in [4.69, 9.17) is 4.74 Å². The molecule has 25 heavy (non-hydrogen) atoms. The first-order chi connectivity index (χ1) is 12.1. The highest BCUT2D eigenvalue weighted by Crippen LogP contribution is 2.40. The van der Waals surface area contributed by atoms with Crippen LogP contribution in [0.25, 0.3) is 0 Å². The molecular formula is C20H26N2O3. The Labute approximate surface area is 148 Å². The molecule has 3 rings (SSSR count). The lowest BCUT2D eigenvalue weighted by Crippen LogP contribution is -2.45. The van der Waals surface area contributed by atoms with E-state index >= 15 is 0 Å². The van der Waals surface area contributed by atoms with Gasteiger partial charge in [-0.15, -0.1) is 0 Å². The van der Waals surface area contributed by atoms with E-state index in [1.807, 2.05) is 48.0 Å². The molecule has 2 aromatic rings. The Kier molecular flexibility index (Phi) is 5.53. The number of rotatable bonds is 6. The lowest BCUT2D eigenvalue weighted by Gasteiger charge is -2.36. The second-order valence-electron chi connectivity index (χ2n) is 6.77. The van der Waals surface area contributed by atoms with Crippen molar-refractivity contribution in [3.05, 3.63) is 54.1 Å². The van der Waals surface area contributed by atoms with Crippen LogP contribution in [0.4, 0.5) is 0 Å². The third-order valence-electron chi connectivity index (χ3n) is 5.21. The van der Waals surface area contributed by atoms with Crippen molar-refractivity contribution in [3.8, 4) is 0 Å². The van der Waals surface area contributed by atoms with Crippen molar-refractivity contribution < 1.29 is 14.6 Å². The van der Waals surface area contributed by atoms with Crippen molar-refractivity contribution in [2.45, 2.75) is 51.2 Å². The molecule has 1 fully saturated rings. The van der Waals surface area contributed by atoms with Crippen LogP contribution in [0.5, 0.6) is 0 Å².